The molecule has 0 saturated heterocycles. The van der Waals surface area contributed by atoms with Crippen LogP contribution in [0.3, 0.4) is 0 Å². The fraction of sp³-hybridized carbons (Fsp3) is 0.667. The van der Waals surface area contributed by atoms with Crippen molar-refractivity contribution in [3.05, 3.63) is 18.2 Å². The first kappa shape index (κ1) is 11.8. The lowest BCUT2D eigenvalue weighted by Crippen LogP contribution is -2.29. The third kappa shape index (κ3) is 3.15. The second-order valence-electron chi connectivity index (χ2n) is 5.70. The lowest BCUT2D eigenvalue weighted by Gasteiger charge is -2.24. The van der Waals surface area contributed by atoms with E-state index in [2.05, 4.69) is 35.3 Å². The Hall–Kier alpha value is -1.25. The van der Waals surface area contributed by atoms with Crippen molar-refractivity contribution in [3.8, 4) is 0 Å². The summed E-state index contributed by atoms with van der Waals surface area (Å²) in [6.07, 6.45) is 5.64. The molecule has 1 N–H and O–H groups in total. The van der Waals surface area contributed by atoms with E-state index in [9.17, 15) is 0 Å². The van der Waals surface area contributed by atoms with Gasteiger partial charge < -0.3 is 10.2 Å². The van der Waals surface area contributed by atoms with E-state index in [-0.39, 0.29) is 0 Å². The first-order valence-corrected chi connectivity index (χ1v) is 7.31. The molecule has 3 nitrogen and oxygen atoms in total. The van der Waals surface area contributed by atoms with E-state index in [0.29, 0.717) is 0 Å². The van der Waals surface area contributed by atoms with Crippen LogP contribution in [0.1, 0.15) is 32.6 Å². The number of anilines is 2. The van der Waals surface area contributed by atoms with Crippen LogP contribution in [0, 0.1) is 11.8 Å². The van der Waals surface area contributed by atoms with Crippen LogP contribution in [-0.4, -0.2) is 24.6 Å². The zero-order chi connectivity index (χ0) is 12.4. The Morgan fingerprint density at radius 1 is 1.17 bits per heavy atom. The Morgan fingerprint density at radius 2 is 1.83 bits per heavy atom. The highest BCUT2D eigenvalue weighted by molar-refractivity contribution is 5.47. The number of hydrogen-bond donors (Lipinski definition) is 1. The van der Waals surface area contributed by atoms with Gasteiger partial charge in [0.05, 0.1) is 0 Å². The van der Waals surface area contributed by atoms with Gasteiger partial charge in [-0.3, -0.25) is 0 Å². The van der Waals surface area contributed by atoms with E-state index in [1.54, 1.807) is 0 Å². The van der Waals surface area contributed by atoms with Gasteiger partial charge in [-0.05, 0) is 56.6 Å². The third-order valence-corrected chi connectivity index (χ3v) is 3.77. The number of rotatable bonds is 7. The summed E-state index contributed by atoms with van der Waals surface area (Å²) >= 11 is 0. The monoisotopic (exact) mass is 245 g/mol. The van der Waals surface area contributed by atoms with Crippen molar-refractivity contribution in [2.24, 2.45) is 11.8 Å². The summed E-state index contributed by atoms with van der Waals surface area (Å²) in [6, 6.07) is 6.33. The fourth-order valence-electron chi connectivity index (χ4n) is 2.36. The normalized spacial score (nSPS) is 18.7. The van der Waals surface area contributed by atoms with Crippen molar-refractivity contribution < 1.29 is 0 Å². The van der Waals surface area contributed by atoms with Gasteiger partial charge in [-0.25, -0.2) is 4.98 Å². The summed E-state index contributed by atoms with van der Waals surface area (Å²) in [7, 11) is 0. The molecule has 18 heavy (non-hydrogen) atoms. The van der Waals surface area contributed by atoms with E-state index in [0.717, 1.165) is 30.0 Å². The SMILES string of the molecule is CCNc1cccc(N(CC2CC2)CC2CC2)n1. The predicted molar refractivity (Wildman–Crippen MR) is 76.1 cm³/mol. The standard InChI is InChI=1S/C15H23N3/c1-2-16-14-4-3-5-15(17-14)18(10-12-6-7-12)11-13-8-9-13/h3-5,12-13H,2,6-11H2,1H3,(H,16,17). The van der Waals surface area contributed by atoms with Gasteiger partial charge in [0.1, 0.15) is 11.6 Å². The maximum Gasteiger partial charge on any atom is 0.130 e. The van der Waals surface area contributed by atoms with Crippen molar-refractivity contribution in [3.63, 3.8) is 0 Å². The first-order chi connectivity index (χ1) is 8.85. The highest BCUT2D eigenvalue weighted by Gasteiger charge is 2.29. The highest BCUT2D eigenvalue weighted by atomic mass is 15.2. The van der Waals surface area contributed by atoms with Crippen molar-refractivity contribution >= 4 is 11.6 Å². The summed E-state index contributed by atoms with van der Waals surface area (Å²) in [5, 5.41) is 3.30. The maximum atomic E-state index is 4.74. The quantitative estimate of drug-likeness (QED) is 0.800. The smallest absolute Gasteiger partial charge is 0.130 e. The van der Waals surface area contributed by atoms with Crippen LogP contribution in [0.25, 0.3) is 0 Å². The Labute approximate surface area is 110 Å². The molecule has 1 aromatic heterocycles. The predicted octanol–water partition coefficient (Wildman–Crippen LogP) is 3.14. The molecule has 0 aromatic carbocycles. The lowest BCUT2D eigenvalue weighted by atomic mass is 10.3. The Kier molecular flexibility index (Phi) is 3.39. The van der Waals surface area contributed by atoms with Crippen LogP contribution >= 0.6 is 0 Å². The van der Waals surface area contributed by atoms with E-state index in [1.165, 1.54) is 38.8 Å². The molecule has 1 aromatic rings. The summed E-state index contributed by atoms with van der Waals surface area (Å²) in [4.78, 5) is 7.25. The molecule has 2 aliphatic rings. The van der Waals surface area contributed by atoms with E-state index in [1.807, 2.05) is 0 Å². The van der Waals surface area contributed by atoms with Crippen LogP contribution in [0.4, 0.5) is 11.6 Å². The van der Waals surface area contributed by atoms with Gasteiger partial charge in [0.15, 0.2) is 0 Å². The molecule has 0 atom stereocenters. The molecular weight excluding hydrogens is 222 g/mol. The average Bonchev–Trinajstić information content (AvgIpc) is 3.24. The molecular formula is C15H23N3. The number of nitrogens with one attached hydrogen (secondary N) is 1. The zero-order valence-electron chi connectivity index (χ0n) is 11.2. The molecule has 2 aliphatic carbocycles. The van der Waals surface area contributed by atoms with E-state index in [4.69, 9.17) is 4.98 Å². The Morgan fingerprint density at radius 3 is 2.39 bits per heavy atom. The molecule has 2 fully saturated rings. The minimum Gasteiger partial charge on any atom is -0.370 e. The van der Waals surface area contributed by atoms with Crippen molar-refractivity contribution in [2.45, 2.75) is 32.6 Å². The van der Waals surface area contributed by atoms with E-state index < -0.39 is 0 Å². The van der Waals surface area contributed by atoms with Gasteiger partial charge in [-0.2, -0.15) is 0 Å². The van der Waals surface area contributed by atoms with Crippen LogP contribution in [0.2, 0.25) is 0 Å². The van der Waals surface area contributed by atoms with Gasteiger partial charge in [0.25, 0.3) is 0 Å². The van der Waals surface area contributed by atoms with Gasteiger partial charge >= 0.3 is 0 Å². The maximum absolute atomic E-state index is 4.74. The van der Waals surface area contributed by atoms with E-state index >= 15 is 0 Å². The zero-order valence-corrected chi connectivity index (χ0v) is 11.2. The number of pyridine rings is 1. The molecule has 0 radical (unpaired) electrons. The van der Waals surface area contributed by atoms with Crippen LogP contribution in [0.15, 0.2) is 18.2 Å². The van der Waals surface area contributed by atoms with Crippen LogP contribution in [0.5, 0.6) is 0 Å². The minimum atomic E-state index is 0.924. The fourth-order valence-corrected chi connectivity index (χ4v) is 2.36. The topological polar surface area (TPSA) is 28.2 Å². The Balaban J connectivity index is 1.71. The summed E-state index contributed by atoms with van der Waals surface area (Å²) in [6.45, 7) is 5.46. The van der Waals surface area contributed by atoms with Gasteiger partial charge in [0.2, 0.25) is 0 Å². The largest absolute Gasteiger partial charge is 0.370 e. The van der Waals surface area contributed by atoms with Gasteiger partial charge in [-0.1, -0.05) is 6.07 Å². The molecule has 0 bridgehead atoms. The van der Waals surface area contributed by atoms with Crippen molar-refractivity contribution in [1.82, 2.24) is 4.98 Å². The third-order valence-electron chi connectivity index (χ3n) is 3.77. The average molecular weight is 245 g/mol. The van der Waals surface area contributed by atoms with Crippen LogP contribution in [-0.2, 0) is 0 Å². The molecule has 0 aliphatic heterocycles. The molecule has 3 rings (SSSR count). The van der Waals surface area contributed by atoms with Crippen molar-refractivity contribution in [1.29, 1.82) is 0 Å². The lowest BCUT2D eigenvalue weighted by molar-refractivity contribution is 0.672. The molecule has 2 saturated carbocycles. The molecule has 3 heteroatoms. The molecule has 1 heterocycles. The second-order valence-corrected chi connectivity index (χ2v) is 5.70. The molecule has 0 unspecified atom stereocenters. The van der Waals surface area contributed by atoms with Crippen molar-refractivity contribution in [2.75, 3.05) is 29.9 Å². The molecule has 0 spiro atoms. The number of hydrogen-bond acceptors (Lipinski definition) is 3. The number of nitrogens with zero attached hydrogens (tertiary/aromatic N) is 2. The second kappa shape index (κ2) is 5.17. The Bertz CT molecular complexity index is 382. The van der Waals surface area contributed by atoms with Gasteiger partial charge in [0, 0.05) is 19.6 Å². The summed E-state index contributed by atoms with van der Waals surface area (Å²) in [5.74, 6) is 4.01. The van der Waals surface area contributed by atoms with Crippen LogP contribution < -0.4 is 10.2 Å². The summed E-state index contributed by atoms with van der Waals surface area (Å²) < 4.78 is 0. The van der Waals surface area contributed by atoms with Gasteiger partial charge in [-0.15, -0.1) is 0 Å². The molecule has 0 amide bonds. The summed E-state index contributed by atoms with van der Waals surface area (Å²) in [5.41, 5.74) is 0. The molecule has 98 valence electrons. The first-order valence-electron chi connectivity index (χ1n) is 7.31. The number of aromatic nitrogens is 1. The highest BCUT2D eigenvalue weighted by Crippen LogP contribution is 2.35. The minimum absolute atomic E-state index is 0.924.